The van der Waals surface area contributed by atoms with Gasteiger partial charge in [0.25, 0.3) is 5.91 Å². The zero-order valence-electron chi connectivity index (χ0n) is 11.3. The van der Waals surface area contributed by atoms with Crippen LogP contribution in [-0.2, 0) is 9.59 Å². The van der Waals surface area contributed by atoms with E-state index in [2.05, 4.69) is 5.32 Å². The van der Waals surface area contributed by atoms with Crippen molar-refractivity contribution in [3.05, 3.63) is 75.8 Å². The predicted molar refractivity (Wildman–Crippen MR) is 86.8 cm³/mol. The Morgan fingerprint density at radius 2 is 1.36 bits per heavy atom. The minimum absolute atomic E-state index is 0.347. The summed E-state index contributed by atoms with van der Waals surface area (Å²) in [7, 11) is 0. The minimum atomic E-state index is -0.559. The zero-order chi connectivity index (χ0) is 15.7. The molecule has 1 N–H and O–H groups in total. The van der Waals surface area contributed by atoms with Gasteiger partial charge >= 0.3 is 0 Å². The van der Waals surface area contributed by atoms with Crippen molar-refractivity contribution in [2.75, 3.05) is 0 Å². The van der Waals surface area contributed by atoms with Gasteiger partial charge in [0.1, 0.15) is 0 Å². The molecule has 0 bridgehead atoms. The number of rotatable bonds is 2. The van der Waals surface area contributed by atoms with Gasteiger partial charge in [0.05, 0.1) is 5.92 Å². The minimum Gasteiger partial charge on any atom is -0.292 e. The van der Waals surface area contributed by atoms with Crippen LogP contribution in [0.3, 0.4) is 0 Å². The maximum Gasteiger partial charge on any atom is 0.250 e. The summed E-state index contributed by atoms with van der Waals surface area (Å²) in [6, 6.07) is 14.1. The van der Waals surface area contributed by atoms with E-state index in [1.807, 2.05) is 0 Å². The molecule has 1 aliphatic heterocycles. The van der Waals surface area contributed by atoms with E-state index in [4.69, 9.17) is 23.2 Å². The molecule has 2 aromatic carbocycles. The van der Waals surface area contributed by atoms with Gasteiger partial charge in [-0.15, -0.1) is 0 Å². The average molecular weight is 332 g/mol. The normalized spacial score (nSPS) is 17.9. The molecule has 0 saturated heterocycles. The smallest absolute Gasteiger partial charge is 0.250 e. The fourth-order valence-corrected chi connectivity index (χ4v) is 2.73. The highest BCUT2D eigenvalue weighted by atomic mass is 35.5. The van der Waals surface area contributed by atoms with E-state index in [9.17, 15) is 9.59 Å². The van der Waals surface area contributed by atoms with Crippen molar-refractivity contribution in [1.29, 1.82) is 0 Å². The summed E-state index contributed by atoms with van der Waals surface area (Å²) >= 11 is 11.8. The lowest BCUT2D eigenvalue weighted by Crippen LogP contribution is -2.38. The summed E-state index contributed by atoms with van der Waals surface area (Å²) in [4.78, 5) is 24.0. The standard InChI is InChI=1S/C17H11Cl2NO2/c18-12-5-1-10(2-6-12)14-9-15(21)20-17(22)16(14)11-3-7-13(19)8-4-11/h1-9,16H,(H,20,21,22). The van der Waals surface area contributed by atoms with E-state index >= 15 is 0 Å². The molecule has 3 nitrogen and oxygen atoms in total. The van der Waals surface area contributed by atoms with Crippen molar-refractivity contribution < 1.29 is 9.59 Å². The van der Waals surface area contributed by atoms with E-state index in [0.29, 0.717) is 15.6 Å². The first kappa shape index (κ1) is 14.8. The van der Waals surface area contributed by atoms with Crippen molar-refractivity contribution in [1.82, 2.24) is 5.32 Å². The molecule has 2 aromatic rings. The summed E-state index contributed by atoms with van der Waals surface area (Å²) in [6.07, 6.45) is 1.45. The van der Waals surface area contributed by atoms with Crippen LogP contribution < -0.4 is 5.32 Å². The van der Waals surface area contributed by atoms with Crippen molar-refractivity contribution in [3.63, 3.8) is 0 Å². The van der Waals surface area contributed by atoms with E-state index in [0.717, 1.165) is 11.1 Å². The zero-order valence-corrected chi connectivity index (χ0v) is 12.9. The summed E-state index contributed by atoms with van der Waals surface area (Å²) in [5.74, 6) is -1.32. The third-order valence-corrected chi connectivity index (χ3v) is 3.99. The fourth-order valence-electron chi connectivity index (χ4n) is 2.47. The summed E-state index contributed by atoms with van der Waals surface area (Å²) in [5, 5.41) is 3.53. The Balaban J connectivity index is 2.10. The van der Waals surface area contributed by atoms with Crippen LogP contribution in [0.15, 0.2) is 54.6 Å². The number of imide groups is 1. The number of hydrogen-bond donors (Lipinski definition) is 1. The quantitative estimate of drug-likeness (QED) is 0.850. The maximum atomic E-state index is 12.3. The number of hydrogen-bond acceptors (Lipinski definition) is 2. The van der Waals surface area contributed by atoms with Gasteiger partial charge in [-0.25, -0.2) is 0 Å². The van der Waals surface area contributed by atoms with Crippen LogP contribution >= 0.6 is 23.2 Å². The SMILES string of the molecule is O=C1C=C(c2ccc(Cl)cc2)C(c2ccc(Cl)cc2)C(=O)N1. The molecule has 3 rings (SSSR count). The van der Waals surface area contributed by atoms with Crippen LogP contribution in [0.25, 0.3) is 5.57 Å². The largest absolute Gasteiger partial charge is 0.292 e. The molecule has 0 radical (unpaired) electrons. The first-order valence-corrected chi connectivity index (χ1v) is 7.38. The molecule has 0 fully saturated rings. The Morgan fingerprint density at radius 3 is 1.95 bits per heavy atom. The summed E-state index contributed by atoms with van der Waals surface area (Å²) in [5.41, 5.74) is 2.20. The monoisotopic (exact) mass is 331 g/mol. The highest BCUT2D eigenvalue weighted by Crippen LogP contribution is 2.35. The van der Waals surface area contributed by atoms with Gasteiger partial charge in [-0.1, -0.05) is 47.5 Å². The second-order valence-electron chi connectivity index (χ2n) is 4.94. The lowest BCUT2D eigenvalue weighted by molar-refractivity contribution is -0.128. The molecule has 0 aromatic heterocycles. The fraction of sp³-hybridized carbons (Fsp3) is 0.0588. The van der Waals surface area contributed by atoms with E-state index in [-0.39, 0.29) is 5.91 Å². The predicted octanol–water partition coefficient (Wildman–Crippen LogP) is 3.82. The molecule has 0 saturated carbocycles. The second kappa shape index (κ2) is 5.95. The van der Waals surface area contributed by atoms with Crippen LogP contribution in [0.5, 0.6) is 0 Å². The van der Waals surface area contributed by atoms with Gasteiger partial charge in [-0.05, 0) is 41.0 Å². The van der Waals surface area contributed by atoms with Crippen LogP contribution in [0, 0.1) is 0 Å². The molecule has 2 amide bonds. The number of nitrogens with one attached hydrogen (secondary N) is 1. The highest BCUT2D eigenvalue weighted by Gasteiger charge is 2.31. The van der Waals surface area contributed by atoms with Crippen molar-refractivity contribution in [3.8, 4) is 0 Å². The molecule has 22 heavy (non-hydrogen) atoms. The number of carbonyl (C=O) groups excluding carboxylic acids is 2. The molecule has 0 aliphatic carbocycles. The first-order valence-electron chi connectivity index (χ1n) is 6.62. The molecule has 1 aliphatic rings. The Morgan fingerprint density at radius 1 is 0.818 bits per heavy atom. The van der Waals surface area contributed by atoms with Crippen molar-refractivity contribution >= 4 is 40.6 Å². The molecular weight excluding hydrogens is 321 g/mol. The van der Waals surface area contributed by atoms with Crippen LogP contribution in [0.2, 0.25) is 10.0 Å². The third-order valence-electron chi connectivity index (χ3n) is 3.49. The number of halogens is 2. The second-order valence-corrected chi connectivity index (χ2v) is 5.82. The molecule has 0 spiro atoms. The van der Waals surface area contributed by atoms with E-state index < -0.39 is 11.8 Å². The Bertz CT molecular complexity index is 764. The van der Waals surface area contributed by atoms with Gasteiger partial charge in [0.15, 0.2) is 0 Å². The van der Waals surface area contributed by atoms with Crippen LogP contribution in [-0.4, -0.2) is 11.8 Å². The molecule has 110 valence electrons. The van der Waals surface area contributed by atoms with Gasteiger partial charge in [0, 0.05) is 16.1 Å². The Hall–Kier alpha value is -2.10. The van der Waals surface area contributed by atoms with E-state index in [1.54, 1.807) is 48.5 Å². The van der Waals surface area contributed by atoms with Crippen LogP contribution in [0.1, 0.15) is 17.0 Å². The van der Waals surface area contributed by atoms with Gasteiger partial charge in [-0.3, -0.25) is 14.9 Å². The van der Waals surface area contributed by atoms with Gasteiger partial charge < -0.3 is 0 Å². The summed E-state index contributed by atoms with van der Waals surface area (Å²) < 4.78 is 0. The lowest BCUT2D eigenvalue weighted by Gasteiger charge is -2.24. The lowest BCUT2D eigenvalue weighted by atomic mass is 9.84. The Labute approximate surface area is 137 Å². The van der Waals surface area contributed by atoms with Gasteiger partial charge in [0.2, 0.25) is 5.91 Å². The average Bonchev–Trinajstić information content (AvgIpc) is 2.49. The highest BCUT2D eigenvalue weighted by molar-refractivity contribution is 6.31. The van der Waals surface area contributed by atoms with E-state index in [1.165, 1.54) is 6.08 Å². The van der Waals surface area contributed by atoms with Crippen molar-refractivity contribution in [2.24, 2.45) is 0 Å². The maximum absolute atomic E-state index is 12.3. The molecule has 1 unspecified atom stereocenters. The number of carbonyl (C=O) groups is 2. The molecule has 1 heterocycles. The summed E-state index contributed by atoms with van der Waals surface area (Å²) in [6.45, 7) is 0. The molecule has 1 atom stereocenters. The topological polar surface area (TPSA) is 46.2 Å². The third kappa shape index (κ3) is 2.91. The van der Waals surface area contributed by atoms with Crippen LogP contribution in [0.4, 0.5) is 0 Å². The number of amides is 2. The first-order chi connectivity index (χ1) is 10.5. The number of benzene rings is 2. The molecular formula is C17H11Cl2NO2. The molecule has 5 heteroatoms. The van der Waals surface area contributed by atoms with Crippen molar-refractivity contribution in [2.45, 2.75) is 5.92 Å². The Kier molecular flexibility index (Phi) is 4.01. The van der Waals surface area contributed by atoms with Gasteiger partial charge in [-0.2, -0.15) is 0 Å².